The lowest BCUT2D eigenvalue weighted by atomic mass is 9.88. The van der Waals surface area contributed by atoms with Crippen molar-refractivity contribution in [1.29, 1.82) is 0 Å². The number of piperidine rings is 1. The molecule has 1 unspecified atom stereocenters. The van der Waals surface area contributed by atoms with E-state index in [0.29, 0.717) is 13.1 Å². The molecule has 1 aromatic rings. The summed E-state index contributed by atoms with van der Waals surface area (Å²) in [6.07, 6.45) is 5.95. The van der Waals surface area contributed by atoms with Crippen molar-refractivity contribution in [3.63, 3.8) is 0 Å². The smallest absolute Gasteiger partial charge is 0.242 e. The van der Waals surface area contributed by atoms with Gasteiger partial charge in [0.15, 0.2) is 0 Å². The summed E-state index contributed by atoms with van der Waals surface area (Å²) < 4.78 is 6.48. The Labute approximate surface area is 179 Å². The maximum atomic E-state index is 12.6. The Morgan fingerprint density at radius 1 is 1.13 bits per heavy atom. The maximum absolute atomic E-state index is 12.6. The Morgan fingerprint density at radius 3 is 2.63 bits per heavy atom. The van der Waals surface area contributed by atoms with E-state index >= 15 is 0 Å². The molecule has 4 rings (SSSR count). The molecular formula is C24H35N3O3. The van der Waals surface area contributed by atoms with E-state index < -0.39 is 0 Å². The number of rotatable bonds is 5. The maximum Gasteiger partial charge on any atom is 0.242 e. The number of ether oxygens (including phenoxy) is 1. The Balaban J connectivity index is 1.22. The molecule has 164 valence electrons. The van der Waals surface area contributed by atoms with Crippen molar-refractivity contribution in [3.8, 4) is 0 Å². The van der Waals surface area contributed by atoms with Crippen molar-refractivity contribution in [2.24, 2.45) is 0 Å². The van der Waals surface area contributed by atoms with E-state index in [1.54, 1.807) is 11.8 Å². The van der Waals surface area contributed by atoms with Gasteiger partial charge in [-0.05, 0) is 56.6 Å². The minimum absolute atomic E-state index is 0.0128. The Morgan fingerprint density at radius 2 is 1.90 bits per heavy atom. The lowest BCUT2D eigenvalue weighted by Crippen LogP contribution is -2.48. The van der Waals surface area contributed by atoms with Gasteiger partial charge < -0.3 is 15.0 Å². The molecule has 0 bridgehead atoms. The molecule has 0 aliphatic carbocycles. The molecule has 0 aromatic heterocycles. The minimum Gasteiger partial charge on any atom is -0.370 e. The largest absolute Gasteiger partial charge is 0.370 e. The van der Waals surface area contributed by atoms with Gasteiger partial charge in [0, 0.05) is 39.6 Å². The second kappa shape index (κ2) is 9.06. The molecule has 0 radical (unpaired) electrons. The summed E-state index contributed by atoms with van der Waals surface area (Å²) in [4.78, 5) is 28.5. The SMILES string of the molecule is CC(=O)N1CCC[C@H]1C(=O)NCC1CCC2(CCN(Cc3ccccc3C)CC2)O1. The van der Waals surface area contributed by atoms with E-state index in [0.717, 1.165) is 58.2 Å². The van der Waals surface area contributed by atoms with Crippen LogP contribution < -0.4 is 5.32 Å². The molecule has 0 saturated carbocycles. The molecule has 30 heavy (non-hydrogen) atoms. The quantitative estimate of drug-likeness (QED) is 0.806. The van der Waals surface area contributed by atoms with Crippen LogP contribution in [0.5, 0.6) is 0 Å². The van der Waals surface area contributed by atoms with Crippen molar-refractivity contribution < 1.29 is 14.3 Å². The molecule has 3 heterocycles. The number of amides is 2. The number of nitrogens with one attached hydrogen (secondary N) is 1. The first-order valence-corrected chi connectivity index (χ1v) is 11.5. The number of hydrogen-bond acceptors (Lipinski definition) is 4. The van der Waals surface area contributed by atoms with Gasteiger partial charge in [0.2, 0.25) is 11.8 Å². The molecule has 3 aliphatic heterocycles. The molecule has 6 nitrogen and oxygen atoms in total. The topological polar surface area (TPSA) is 61.9 Å². The highest BCUT2D eigenvalue weighted by atomic mass is 16.5. The highest BCUT2D eigenvalue weighted by Gasteiger charge is 2.42. The summed E-state index contributed by atoms with van der Waals surface area (Å²) in [5.41, 5.74) is 2.75. The van der Waals surface area contributed by atoms with Gasteiger partial charge in [-0.25, -0.2) is 0 Å². The number of likely N-dealkylation sites (tertiary alicyclic amines) is 2. The van der Waals surface area contributed by atoms with Crippen molar-refractivity contribution in [2.75, 3.05) is 26.2 Å². The van der Waals surface area contributed by atoms with Crippen LogP contribution in [0.4, 0.5) is 0 Å². The zero-order chi connectivity index (χ0) is 21.1. The average molecular weight is 414 g/mol. The van der Waals surface area contributed by atoms with Gasteiger partial charge in [-0.15, -0.1) is 0 Å². The van der Waals surface area contributed by atoms with Gasteiger partial charge in [0.05, 0.1) is 11.7 Å². The number of carbonyl (C=O) groups excluding carboxylic acids is 2. The molecule has 2 amide bonds. The summed E-state index contributed by atoms with van der Waals surface area (Å²) >= 11 is 0. The molecule has 6 heteroatoms. The summed E-state index contributed by atoms with van der Waals surface area (Å²) in [6.45, 7) is 8.09. The van der Waals surface area contributed by atoms with Gasteiger partial charge in [-0.2, -0.15) is 0 Å². The van der Waals surface area contributed by atoms with Crippen LogP contribution in [0.2, 0.25) is 0 Å². The number of hydrogen-bond donors (Lipinski definition) is 1. The highest BCUT2D eigenvalue weighted by molar-refractivity contribution is 5.87. The Kier molecular flexibility index (Phi) is 6.44. The van der Waals surface area contributed by atoms with E-state index in [9.17, 15) is 9.59 Å². The van der Waals surface area contributed by atoms with Gasteiger partial charge >= 0.3 is 0 Å². The first-order chi connectivity index (χ1) is 14.5. The third-order valence-electron chi connectivity index (χ3n) is 7.22. The first-order valence-electron chi connectivity index (χ1n) is 11.5. The molecule has 3 saturated heterocycles. The molecule has 1 N–H and O–H groups in total. The molecular weight excluding hydrogens is 378 g/mol. The minimum atomic E-state index is -0.303. The lowest BCUT2D eigenvalue weighted by molar-refractivity contribution is -0.137. The van der Waals surface area contributed by atoms with Crippen LogP contribution in [-0.4, -0.2) is 65.5 Å². The van der Waals surface area contributed by atoms with Crippen LogP contribution in [0.3, 0.4) is 0 Å². The highest BCUT2D eigenvalue weighted by Crippen LogP contribution is 2.39. The van der Waals surface area contributed by atoms with Crippen molar-refractivity contribution in [3.05, 3.63) is 35.4 Å². The van der Waals surface area contributed by atoms with Crippen LogP contribution in [0.25, 0.3) is 0 Å². The van der Waals surface area contributed by atoms with Gasteiger partial charge in [-0.1, -0.05) is 24.3 Å². The standard InChI is InChI=1S/C24H35N3O3/c1-18-6-3-4-7-20(18)17-26-14-11-24(12-15-26)10-9-21(30-24)16-25-23(29)22-8-5-13-27(22)19(2)28/h3-4,6-7,21-22H,5,8-17H2,1-2H3,(H,25,29)/t21?,22-/m0/s1. The fraction of sp³-hybridized carbons (Fsp3) is 0.667. The van der Waals surface area contributed by atoms with Gasteiger partial charge in [0.25, 0.3) is 0 Å². The Hall–Kier alpha value is -1.92. The molecule has 1 spiro atoms. The van der Waals surface area contributed by atoms with Crippen molar-refractivity contribution in [1.82, 2.24) is 15.1 Å². The average Bonchev–Trinajstić information content (AvgIpc) is 3.38. The zero-order valence-electron chi connectivity index (χ0n) is 18.4. The van der Waals surface area contributed by atoms with Crippen LogP contribution in [0, 0.1) is 6.92 Å². The van der Waals surface area contributed by atoms with Crippen LogP contribution >= 0.6 is 0 Å². The fourth-order valence-electron chi connectivity index (χ4n) is 5.30. The van der Waals surface area contributed by atoms with E-state index in [2.05, 4.69) is 41.4 Å². The van der Waals surface area contributed by atoms with E-state index in [1.165, 1.54) is 11.1 Å². The van der Waals surface area contributed by atoms with E-state index in [-0.39, 0.29) is 29.6 Å². The number of nitrogens with zero attached hydrogens (tertiary/aromatic N) is 2. The van der Waals surface area contributed by atoms with Gasteiger partial charge in [-0.3, -0.25) is 14.5 Å². The molecule has 1 aromatic carbocycles. The second-order valence-electron chi connectivity index (χ2n) is 9.28. The molecule has 3 aliphatic rings. The molecule has 2 atom stereocenters. The lowest BCUT2D eigenvalue weighted by Gasteiger charge is -2.39. The van der Waals surface area contributed by atoms with E-state index in [4.69, 9.17) is 4.74 Å². The number of aryl methyl sites for hydroxylation is 1. The Bertz CT molecular complexity index is 773. The van der Waals surface area contributed by atoms with Crippen molar-refractivity contribution >= 4 is 11.8 Å². The summed E-state index contributed by atoms with van der Waals surface area (Å²) in [5.74, 6) is -0.0403. The summed E-state index contributed by atoms with van der Waals surface area (Å²) in [6, 6.07) is 8.32. The van der Waals surface area contributed by atoms with E-state index in [1.807, 2.05) is 0 Å². The van der Waals surface area contributed by atoms with Gasteiger partial charge in [0.1, 0.15) is 6.04 Å². The first kappa shape index (κ1) is 21.3. The predicted octanol–water partition coefficient (Wildman–Crippen LogP) is 2.64. The predicted molar refractivity (Wildman–Crippen MR) is 116 cm³/mol. The summed E-state index contributed by atoms with van der Waals surface area (Å²) in [7, 11) is 0. The van der Waals surface area contributed by atoms with Crippen LogP contribution in [0.15, 0.2) is 24.3 Å². The monoisotopic (exact) mass is 413 g/mol. The molecule has 3 fully saturated rings. The van der Waals surface area contributed by atoms with Crippen molar-refractivity contribution in [2.45, 2.75) is 76.7 Å². The second-order valence-corrected chi connectivity index (χ2v) is 9.28. The zero-order valence-corrected chi connectivity index (χ0v) is 18.4. The third kappa shape index (κ3) is 4.70. The third-order valence-corrected chi connectivity index (χ3v) is 7.22. The summed E-state index contributed by atoms with van der Waals surface area (Å²) in [5, 5.41) is 3.05. The van der Waals surface area contributed by atoms with Crippen LogP contribution in [0.1, 0.15) is 56.6 Å². The normalized spacial score (nSPS) is 26.3. The number of carbonyl (C=O) groups is 2. The van der Waals surface area contributed by atoms with Crippen LogP contribution in [-0.2, 0) is 20.9 Å². The number of benzene rings is 1. The fourth-order valence-corrected chi connectivity index (χ4v) is 5.30.